The lowest BCUT2D eigenvalue weighted by Gasteiger charge is -2.10. The van der Waals surface area contributed by atoms with Crippen molar-refractivity contribution in [3.8, 4) is 0 Å². The van der Waals surface area contributed by atoms with Crippen molar-refractivity contribution >= 4 is 34.8 Å². The number of nitrogens with one attached hydrogen (secondary N) is 2. The van der Waals surface area contributed by atoms with Crippen molar-refractivity contribution in [3.63, 3.8) is 0 Å². The maximum Gasteiger partial charge on any atom is 0.239 e. The fourth-order valence-corrected chi connectivity index (χ4v) is 1.94. The van der Waals surface area contributed by atoms with Crippen molar-refractivity contribution in [2.45, 2.75) is 19.8 Å². The number of amides is 1. The van der Waals surface area contributed by atoms with Crippen molar-refractivity contribution in [1.29, 1.82) is 0 Å². The van der Waals surface area contributed by atoms with Gasteiger partial charge in [-0.1, -0.05) is 36.5 Å². The van der Waals surface area contributed by atoms with Crippen LogP contribution in [0.25, 0.3) is 0 Å². The molecular formula is C12H15Cl2FN2O. The summed E-state index contributed by atoms with van der Waals surface area (Å²) in [5, 5.41) is 5.84. The Morgan fingerprint density at radius 1 is 1.33 bits per heavy atom. The third-order valence-electron chi connectivity index (χ3n) is 2.29. The summed E-state index contributed by atoms with van der Waals surface area (Å²) < 4.78 is 12.9. The van der Waals surface area contributed by atoms with Crippen molar-refractivity contribution in [2.75, 3.05) is 18.4 Å². The van der Waals surface area contributed by atoms with Crippen LogP contribution in [0.3, 0.4) is 0 Å². The van der Waals surface area contributed by atoms with Gasteiger partial charge in [0.25, 0.3) is 0 Å². The molecule has 0 unspecified atom stereocenters. The first kappa shape index (κ1) is 15.1. The van der Waals surface area contributed by atoms with E-state index in [1.54, 1.807) is 0 Å². The summed E-state index contributed by atoms with van der Waals surface area (Å²) in [7, 11) is 0. The third kappa shape index (κ3) is 4.70. The Labute approximate surface area is 116 Å². The Kier molecular flexibility index (Phi) is 6.22. The van der Waals surface area contributed by atoms with Gasteiger partial charge in [0.15, 0.2) is 0 Å². The molecule has 0 aliphatic rings. The molecule has 1 aromatic rings. The highest BCUT2D eigenvalue weighted by atomic mass is 35.5. The van der Waals surface area contributed by atoms with E-state index in [1.807, 2.05) is 6.92 Å². The number of unbranched alkanes of at least 4 members (excludes halogenated alkanes) is 1. The van der Waals surface area contributed by atoms with Gasteiger partial charge >= 0.3 is 0 Å². The molecule has 1 rings (SSSR count). The second kappa shape index (κ2) is 7.44. The lowest BCUT2D eigenvalue weighted by atomic mass is 10.3. The molecule has 2 N–H and O–H groups in total. The molecule has 100 valence electrons. The molecule has 0 bridgehead atoms. The van der Waals surface area contributed by atoms with E-state index in [1.165, 1.54) is 0 Å². The number of carbonyl (C=O) groups excluding carboxylic acids is 1. The van der Waals surface area contributed by atoms with Crippen LogP contribution in [0, 0.1) is 5.82 Å². The predicted molar refractivity (Wildman–Crippen MR) is 72.8 cm³/mol. The van der Waals surface area contributed by atoms with Gasteiger partial charge in [0, 0.05) is 6.54 Å². The lowest BCUT2D eigenvalue weighted by Crippen LogP contribution is -2.30. The second-order valence-electron chi connectivity index (χ2n) is 3.80. The number of carbonyl (C=O) groups is 1. The lowest BCUT2D eigenvalue weighted by molar-refractivity contribution is -0.119. The van der Waals surface area contributed by atoms with Crippen molar-refractivity contribution in [3.05, 3.63) is 28.0 Å². The molecule has 0 atom stereocenters. The van der Waals surface area contributed by atoms with Crippen LogP contribution in [-0.4, -0.2) is 19.0 Å². The number of halogens is 3. The summed E-state index contributed by atoms with van der Waals surface area (Å²) in [6, 6.07) is 2.29. The minimum Gasteiger partial charge on any atom is -0.374 e. The molecule has 6 heteroatoms. The van der Waals surface area contributed by atoms with Crippen LogP contribution < -0.4 is 10.6 Å². The topological polar surface area (TPSA) is 41.1 Å². The highest BCUT2D eigenvalue weighted by molar-refractivity contribution is 6.39. The van der Waals surface area contributed by atoms with Gasteiger partial charge in [0.1, 0.15) is 5.82 Å². The van der Waals surface area contributed by atoms with E-state index in [0.717, 1.165) is 25.0 Å². The average Bonchev–Trinajstić information content (AvgIpc) is 2.27. The maximum atomic E-state index is 12.9. The van der Waals surface area contributed by atoms with Gasteiger partial charge in [-0.2, -0.15) is 0 Å². The minimum atomic E-state index is -0.511. The quantitative estimate of drug-likeness (QED) is 0.789. The standard InChI is InChI=1S/C12H15Cl2FN2O/c1-2-3-4-16-11(18)7-17-12-9(13)5-8(15)6-10(12)14/h5-6,17H,2-4,7H2,1H3,(H,16,18). The van der Waals surface area contributed by atoms with E-state index in [0.29, 0.717) is 12.2 Å². The zero-order chi connectivity index (χ0) is 13.5. The first-order valence-electron chi connectivity index (χ1n) is 5.69. The molecule has 0 spiro atoms. The first-order chi connectivity index (χ1) is 8.54. The van der Waals surface area contributed by atoms with Crippen molar-refractivity contribution < 1.29 is 9.18 Å². The molecule has 18 heavy (non-hydrogen) atoms. The Morgan fingerprint density at radius 2 is 1.94 bits per heavy atom. The number of anilines is 1. The first-order valence-corrected chi connectivity index (χ1v) is 6.45. The zero-order valence-electron chi connectivity index (χ0n) is 10.0. The van der Waals surface area contributed by atoms with Gasteiger partial charge in [0.2, 0.25) is 5.91 Å². The monoisotopic (exact) mass is 292 g/mol. The summed E-state index contributed by atoms with van der Waals surface area (Å²) in [6.07, 6.45) is 1.95. The van der Waals surface area contributed by atoms with Crippen LogP contribution in [0.2, 0.25) is 10.0 Å². The molecule has 0 aliphatic heterocycles. The number of hydrogen-bond donors (Lipinski definition) is 2. The van der Waals surface area contributed by atoms with Crippen LogP contribution in [0.1, 0.15) is 19.8 Å². The van der Waals surface area contributed by atoms with E-state index < -0.39 is 5.82 Å². The molecule has 0 aliphatic carbocycles. The van der Waals surface area contributed by atoms with Crippen LogP contribution in [0.5, 0.6) is 0 Å². The van der Waals surface area contributed by atoms with Gasteiger partial charge in [0.05, 0.1) is 22.3 Å². The summed E-state index contributed by atoms with van der Waals surface area (Å²) >= 11 is 11.7. The smallest absolute Gasteiger partial charge is 0.239 e. The maximum absolute atomic E-state index is 12.9. The zero-order valence-corrected chi connectivity index (χ0v) is 11.5. The molecule has 1 amide bonds. The summed E-state index contributed by atoms with van der Waals surface area (Å²) in [6.45, 7) is 2.74. The largest absolute Gasteiger partial charge is 0.374 e. The fraction of sp³-hybridized carbons (Fsp3) is 0.417. The molecular weight excluding hydrogens is 278 g/mol. The fourth-order valence-electron chi connectivity index (χ4n) is 1.35. The Bertz CT molecular complexity index is 404. The van der Waals surface area contributed by atoms with E-state index in [4.69, 9.17) is 23.2 Å². The molecule has 0 aromatic heterocycles. The Morgan fingerprint density at radius 3 is 2.50 bits per heavy atom. The molecule has 0 saturated heterocycles. The van der Waals surface area contributed by atoms with Crippen LogP contribution in [0.15, 0.2) is 12.1 Å². The van der Waals surface area contributed by atoms with Crippen molar-refractivity contribution in [2.24, 2.45) is 0 Å². The highest BCUT2D eigenvalue weighted by Crippen LogP contribution is 2.30. The predicted octanol–water partition coefficient (Wildman–Crippen LogP) is 3.46. The van der Waals surface area contributed by atoms with Crippen LogP contribution in [0.4, 0.5) is 10.1 Å². The molecule has 0 heterocycles. The summed E-state index contributed by atoms with van der Waals surface area (Å²) in [5.74, 6) is -0.664. The highest BCUT2D eigenvalue weighted by Gasteiger charge is 2.09. The number of benzene rings is 1. The van der Waals surface area contributed by atoms with E-state index in [9.17, 15) is 9.18 Å². The SMILES string of the molecule is CCCCNC(=O)CNc1c(Cl)cc(F)cc1Cl. The average molecular weight is 293 g/mol. The number of hydrogen-bond acceptors (Lipinski definition) is 2. The van der Waals surface area contributed by atoms with E-state index >= 15 is 0 Å². The molecule has 0 fully saturated rings. The molecule has 3 nitrogen and oxygen atoms in total. The minimum absolute atomic E-state index is 0.0504. The van der Waals surface area contributed by atoms with Crippen LogP contribution in [-0.2, 0) is 4.79 Å². The van der Waals surface area contributed by atoms with Crippen LogP contribution >= 0.6 is 23.2 Å². The summed E-state index contributed by atoms with van der Waals surface area (Å²) in [5.41, 5.74) is 0.366. The summed E-state index contributed by atoms with van der Waals surface area (Å²) in [4.78, 5) is 11.4. The third-order valence-corrected chi connectivity index (χ3v) is 2.88. The van der Waals surface area contributed by atoms with Gasteiger partial charge in [-0.05, 0) is 18.6 Å². The van der Waals surface area contributed by atoms with Gasteiger partial charge < -0.3 is 10.6 Å². The number of rotatable bonds is 6. The molecule has 0 saturated carbocycles. The van der Waals surface area contributed by atoms with E-state index in [-0.39, 0.29) is 22.5 Å². The van der Waals surface area contributed by atoms with Gasteiger partial charge in [-0.15, -0.1) is 0 Å². The Balaban J connectivity index is 2.51. The Hall–Kier alpha value is -1.00. The second-order valence-corrected chi connectivity index (χ2v) is 4.62. The van der Waals surface area contributed by atoms with Crippen molar-refractivity contribution in [1.82, 2.24) is 5.32 Å². The molecule has 1 aromatic carbocycles. The normalized spacial score (nSPS) is 10.2. The molecule has 0 radical (unpaired) electrons. The van der Waals surface area contributed by atoms with Gasteiger partial charge in [-0.25, -0.2) is 4.39 Å². The van der Waals surface area contributed by atoms with Gasteiger partial charge in [-0.3, -0.25) is 4.79 Å². The van der Waals surface area contributed by atoms with E-state index in [2.05, 4.69) is 10.6 Å².